The molecule has 1 amide bonds. The predicted octanol–water partition coefficient (Wildman–Crippen LogP) is 4.37. The van der Waals surface area contributed by atoms with Crippen molar-refractivity contribution in [3.8, 4) is 11.3 Å². The Morgan fingerprint density at radius 2 is 1.66 bits per heavy atom. The summed E-state index contributed by atoms with van der Waals surface area (Å²) in [5.74, 6) is -0.410. The number of anilines is 1. The Balaban J connectivity index is 1.57. The summed E-state index contributed by atoms with van der Waals surface area (Å²) in [4.78, 5) is 18.5. The number of benzene rings is 2. The van der Waals surface area contributed by atoms with Gasteiger partial charge < -0.3 is 5.32 Å². The van der Waals surface area contributed by atoms with Crippen molar-refractivity contribution in [1.29, 1.82) is 0 Å². The van der Waals surface area contributed by atoms with Gasteiger partial charge in [-0.1, -0.05) is 48.9 Å². The van der Waals surface area contributed by atoms with Crippen LogP contribution in [0.1, 0.15) is 35.3 Å². The molecule has 3 heterocycles. The van der Waals surface area contributed by atoms with E-state index in [1.54, 1.807) is 42.1 Å². The molecule has 8 nitrogen and oxygen atoms in total. The molecule has 35 heavy (non-hydrogen) atoms. The smallest absolute Gasteiger partial charge is 0.256 e. The van der Waals surface area contributed by atoms with Crippen LogP contribution >= 0.6 is 0 Å². The maximum absolute atomic E-state index is 13.6. The molecule has 1 saturated heterocycles. The Bertz CT molecular complexity index is 1510. The molecule has 5 rings (SSSR count). The minimum atomic E-state index is -3.73. The molecule has 1 fully saturated rings. The molecule has 1 aliphatic heterocycles. The average molecular weight is 490 g/mol. The molecule has 0 bridgehead atoms. The number of nitrogens with zero attached hydrogens (tertiary/aromatic N) is 4. The molecule has 2 aromatic heterocycles. The lowest BCUT2D eigenvalue weighted by atomic mass is 10.0. The number of para-hydroxylation sites is 1. The van der Waals surface area contributed by atoms with Crippen LogP contribution in [0.2, 0.25) is 0 Å². The summed E-state index contributed by atoms with van der Waals surface area (Å²) in [5, 5.41) is 7.97. The molecule has 9 heteroatoms. The van der Waals surface area contributed by atoms with E-state index >= 15 is 0 Å². The number of rotatable bonds is 5. The lowest BCUT2D eigenvalue weighted by Gasteiger charge is -2.26. The average Bonchev–Trinajstić information content (AvgIpc) is 3.18. The number of amides is 1. The second-order valence-corrected chi connectivity index (χ2v) is 10.7. The number of carbonyl (C=O) groups excluding carboxylic acids is 1. The van der Waals surface area contributed by atoms with E-state index in [9.17, 15) is 13.2 Å². The third-order valence-electron chi connectivity index (χ3n) is 6.35. The predicted molar refractivity (Wildman–Crippen MR) is 136 cm³/mol. The molecule has 0 aliphatic carbocycles. The fourth-order valence-corrected chi connectivity index (χ4v) is 6.27. The molecule has 1 aliphatic rings. The molecule has 1 N–H and O–H groups in total. The lowest BCUT2D eigenvalue weighted by Crippen LogP contribution is -2.36. The van der Waals surface area contributed by atoms with Crippen LogP contribution in [-0.2, 0) is 17.1 Å². The van der Waals surface area contributed by atoms with E-state index in [0.717, 1.165) is 24.8 Å². The van der Waals surface area contributed by atoms with Crippen LogP contribution in [0.3, 0.4) is 0 Å². The Morgan fingerprint density at radius 1 is 0.971 bits per heavy atom. The standard InChI is InChI=1S/C26H27N5O3S/c1-18-24-20(17-22(19-11-5-3-6-12-19)27-25(24)30(2)29-18)26(32)28-21-13-7-8-14-23(21)35(33,34)31-15-9-4-10-16-31/h3,5-8,11-14,17H,4,9-10,15-16H2,1-2H3,(H,28,32). The number of nitrogens with one attached hydrogen (secondary N) is 1. The van der Waals surface area contributed by atoms with E-state index in [2.05, 4.69) is 10.4 Å². The SMILES string of the molecule is Cc1nn(C)c2nc(-c3ccccc3)cc(C(=O)Nc3ccccc3S(=O)(=O)N3CCCCC3)c12. The van der Waals surface area contributed by atoms with Crippen LogP contribution in [-0.4, -0.2) is 46.5 Å². The van der Waals surface area contributed by atoms with E-state index < -0.39 is 15.9 Å². The number of sulfonamides is 1. The van der Waals surface area contributed by atoms with Crippen LogP contribution in [0.15, 0.2) is 65.6 Å². The number of hydrogen-bond donors (Lipinski definition) is 1. The normalized spacial score (nSPS) is 14.8. The highest BCUT2D eigenvalue weighted by Gasteiger charge is 2.29. The van der Waals surface area contributed by atoms with Crippen molar-refractivity contribution in [2.75, 3.05) is 18.4 Å². The molecule has 0 radical (unpaired) electrons. The molecule has 2 aromatic carbocycles. The quantitative estimate of drug-likeness (QED) is 0.449. The van der Waals surface area contributed by atoms with Crippen LogP contribution in [0.5, 0.6) is 0 Å². The van der Waals surface area contributed by atoms with Crippen molar-refractivity contribution in [3.63, 3.8) is 0 Å². The number of aromatic nitrogens is 3. The fraction of sp³-hybridized carbons (Fsp3) is 0.269. The number of carbonyl (C=O) groups is 1. The van der Waals surface area contributed by atoms with Gasteiger partial charge in [-0.2, -0.15) is 9.40 Å². The van der Waals surface area contributed by atoms with Crippen LogP contribution in [0.4, 0.5) is 5.69 Å². The van der Waals surface area contributed by atoms with Crippen molar-refractivity contribution in [2.24, 2.45) is 7.05 Å². The van der Waals surface area contributed by atoms with E-state index in [-0.39, 0.29) is 10.6 Å². The lowest BCUT2D eigenvalue weighted by molar-refractivity contribution is 0.102. The van der Waals surface area contributed by atoms with Gasteiger partial charge >= 0.3 is 0 Å². The highest BCUT2D eigenvalue weighted by atomic mass is 32.2. The molecular formula is C26H27N5O3S. The van der Waals surface area contributed by atoms with Gasteiger partial charge in [-0.05, 0) is 38.0 Å². The first-order valence-corrected chi connectivity index (χ1v) is 13.1. The molecule has 0 atom stereocenters. The summed E-state index contributed by atoms with van der Waals surface area (Å²) in [7, 11) is -1.94. The summed E-state index contributed by atoms with van der Waals surface area (Å²) in [6.45, 7) is 2.81. The van der Waals surface area contributed by atoms with Crippen molar-refractivity contribution < 1.29 is 13.2 Å². The third kappa shape index (κ3) is 4.33. The first-order valence-electron chi connectivity index (χ1n) is 11.7. The van der Waals surface area contributed by atoms with Gasteiger partial charge in [0, 0.05) is 25.7 Å². The maximum atomic E-state index is 13.6. The molecular weight excluding hydrogens is 462 g/mol. The highest BCUT2D eigenvalue weighted by molar-refractivity contribution is 7.89. The Labute approximate surface area is 204 Å². The van der Waals surface area contributed by atoms with Gasteiger partial charge in [-0.15, -0.1) is 0 Å². The second-order valence-electron chi connectivity index (χ2n) is 8.74. The highest BCUT2D eigenvalue weighted by Crippen LogP contribution is 2.30. The van der Waals surface area contributed by atoms with Gasteiger partial charge in [0.05, 0.1) is 28.0 Å². The summed E-state index contributed by atoms with van der Waals surface area (Å²) in [6.07, 6.45) is 2.70. The topological polar surface area (TPSA) is 97.2 Å². The van der Waals surface area contributed by atoms with Gasteiger partial charge in [0.25, 0.3) is 5.91 Å². The van der Waals surface area contributed by atoms with Gasteiger partial charge in [0.1, 0.15) is 4.90 Å². The molecule has 0 saturated carbocycles. The van der Waals surface area contributed by atoms with Crippen LogP contribution in [0.25, 0.3) is 22.3 Å². The zero-order valence-electron chi connectivity index (χ0n) is 19.7. The first kappa shape index (κ1) is 23.2. The maximum Gasteiger partial charge on any atom is 0.256 e. The van der Waals surface area contributed by atoms with Crippen LogP contribution in [0, 0.1) is 6.92 Å². The number of hydrogen-bond acceptors (Lipinski definition) is 5. The van der Waals surface area contributed by atoms with Gasteiger partial charge in [0.15, 0.2) is 5.65 Å². The van der Waals surface area contributed by atoms with Crippen molar-refractivity contribution >= 4 is 32.7 Å². The Morgan fingerprint density at radius 3 is 2.40 bits per heavy atom. The largest absolute Gasteiger partial charge is 0.321 e. The van der Waals surface area contributed by atoms with Crippen LogP contribution < -0.4 is 5.32 Å². The van der Waals surface area contributed by atoms with Crippen molar-refractivity contribution in [1.82, 2.24) is 19.1 Å². The number of pyridine rings is 1. The van der Waals surface area contributed by atoms with E-state index in [0.29, 0.717) is 41.1 Å². The zero-order valence-corrected chi connectivity index (χ0v) is 20.5. The van der Waals surface area contributed by atoms with Crippen molar-refractivity contribution in [2.45, 2.75) is 31.1 Å². The molecule has 0 spiro atoms. The minimum Gasteiger partial charge on any atom is -0.321 e. The van der Waals surface area contributed by atoms with Gasteiger partial charge in [-0.3, -0.25) is 9.48 Å². The van der Waals surface area contributed by atoms with E-state index in [4.69, 9.17) is 4.98 Å². The monoisotopic (exact) mass is 489 g/mol. The summed E-state index contributed by atoms with van der Waals surface area (Å²) >= 11 is 0. The van der Waals surface area contributed by atoms with E-state index in [1.807, 2.05) is 37.3 Å². The Kier molecular flexibility index (Phi) is 6.12. The summed E-state index contributed by atoms with van der Waals surface area (Å²) in [5.41, 5.74) is 3.42. The minimum absolute atomic E-state index is 0.103. The third-order valence-corrected chi connectivity index (χ3v) is 8.31. The number of piperidine rings is 1. The van der Waals surface area contributed by atoms with E-state index in [1.165, 1.54) is 4.31 Å². The number of fused-ring (bicyclic) bond motifs is 1. The molecule has 180 valence electrons. The summed E-state index contributed by atoms with van der Waals surface area (Å²) < 4.78 is 29.9. The second kappa shape index (κ2) is 9.24. The number of aryl methyl sites for hydroxylation is 2. The van der Waals surface area contributed by atoms with Crippen molar-refractivity contribution in [3.05, 3.63) is 71.9 Å². The first-order chi connectivity index (χ1) is 16.9. The summed E-state index contributed by atoms with van der Waals surface area (Å²) in [6, 6.07) is 17.9. The van der Waals surface area contributed by atoms with Gasteiger partial charge in [-0.25, -0.2) is 13.4 Å². The van der Waals surface area contributed by atoms with Gasteiger partial charge in [0.2, 0.25) is 10.0 Å². The zero-order chi connectivity index (χ0) is 24.6. The Hall–Kier alpha value is -3.56. The fourth-order valence-electron chi connectivity index (χ4n) is 4.61. The molecule has 4 aromatic rings. The molecule has 0 unspecified atom stereocenters.